The van der Waals surface area contributed by atoms with Crippen molar-refractivity contribution < 1.29 is 9.72 Å². The number of carbonyl (C=O) groups is 1. The van der Waals surface area contributed by atoms with E-state index in [-0.39, 0.29) is 11.6 Å². The number of benzene rings is 1. The molecule has 6 heteroatoms. The predicted molar refractivity (Wildman–Crippen MR) is 75.7 cm³/mol. The minimum atomic E-state index is -0.494. The zero-order valence-corrected chi connectivity index (χ0v) is 11.3. The van der Waals surface area contributed by atoms with Crippen LogP contribution >= 0.6 is 0 Å². The molecule has 0 fully saturated rings. The van der Waals surface area contributed by atoms with E-state index in [1.54, 1.807) is 13.0 Å². The average molecular weight is 275 g/mol. The lowest BCUT2D eigenvalue weighted by Crippen LogP contribution is -2.30. The van der Waals surface area contributed by atoms with Crippen LogP contribution in [-0.2, 0) is 0 Å². The molecular weight excluding hydrogens is 258 g/mol. The van der Waals surface area contributed by atoms with Gasteiger partial charge in [-0.2, -0.15) is 0 Å². The smallest absolute Gasteiger partial charge is 0.270 e. The summed E-state index contributed by atoms with van der Waals surface area (Å²) in [5.41, 5.74) is 2.20. The molecule has 0 saturated heterocycles. The van der Waals surface area contributed by atoms with E-state index in [0.717, 1.165) is 25.1 Å². The minimum Gasteiger partial charge on any atom is -0.348 e. The van der Waals surface area contributed by atoms with Crippen molar-refractivity contribution in [2.45, 2.75) is 13.3 Å². The summed E-state index contributed by atoms with van der Waals surface area (Å²) in [5, 5.41) is 16.8. The Balaban J connectivity index is 2.06. The predicted octanol–water partition coefficient (Wildman–Crippen LogP) is 1.55. The summed E-state index contributed by atoms with van der Waals surface area (Å²) in [4.78, 5) is 22.4. The molecule has 6 nitrogen and oxygen atoms in total. The summed E-state index contributed by atoms with van der Waals surface area (Å²) in [6.07, 6.45) is 2.97. The molecule has 20 heavy (non-hydrogen) atoms. The SMILES string of the molecule is Cc1ccc([N+](=O)[O-])cc1C(=O)NCC1=CCNCC1. The monoisotopic (exact) mass is 275 g/mol. The van der Waals surface area contributed by atoms with Crippen LogP contribution in [0, 0.1) is 17.0 Å². The zero-order valence-electron chi connectivity index (χ0n) is 11.3. The topological polar surface area (TPSA) is 84.3 Å². The molecule has 0 saturated carbocycles. The molecule has 0 atom stereocenters. The van der Waals surface area contributed by atoms with Crippen molar-refractivity contribution in [3.05, 3.63) is 51.1 Å². The fourth-order valence-corrected chi connectivity index (χ4v) is 2.09. The number of carbonyl (C=O) groups excluding carboxylic acids is 1. The highest BCUT2D eigenvalue weighted by Gasteiger charge is 2.15. The Morgan fingerprint density at radius 2 is 2.30 bits per heavy atom. The average Bonchev–Trinajstić information content (AvgIpc) is 2.46. The molecule has 0 aromatic heterocycles. The molecular formula is C14H17N3O3. The molecule has 0 radical (unpaired) electrons. The molecule has 1 amide bonds. The lowest BCUT2D eigenvalue weighted by Gasteiger charge is -2.15. The summed E-state index contributed by atoms with van der Waals surface area (Å²) >= 11 is 0. The van der Waals surface area contributed by atoms with Gasteiger partial charge in [0.05, 0.1) is 4.92 Å². The second-order valence-electron chi connectivity index (χ2n) is 4.76. The Kier molecular flexibility index (Phi) is 4.47. The number of aryl methyl sites for hydroxylation is 1. The van der Waals surface area contributed by atoms with Crippen molar-refractivity contribution in [1.82, 2.24) is 10.6 Å². The van der Waals surface area contributed by atoms with Crippen LogP contribution in [-0.4, -0.2) is 30.5 Å². The van der Waals surface area contributed by atoms with Gasteiger partial charge in [0.1, 0.15) is 0 Å². The van der Waals surface area contributed by atoms with Crippen LogP contribution in [0.15, 0.2) is 29.8 Å². The summed E-state index contributed by atoms with van der Waals surface area (Å²) in [6, 6.07) is 4.32. The Morgan fingerprint density at radius 1 is 1.50 bits per heavy atom. The first-order valence-electron chi connectivity index (χ1n) is 6.50. The maximum Gasteiger partial charge on any atom is 0.270 e. The molecule has 1 aliphatic heterocycles. The first-order valence-corrected chi connectivity index (χ1v) is 6.50. The van der Waals surface area contributed by atoms with Gasteiger partial charge >= 0.3 is 0 Å². The lowest BCUT2D eigenvalue weighted by molar-refractivity contribution is -0.384. The van der Waals surface area contributed by atoms with Gasteiger partial charge in [-0.05, 0) is 25.5 Å². The fraction of sp³-hybridized carbons (Fsp3) is 0.357. The first-order chi connectivity index (χ1) is 9.58. The van der Waals surface area contributed by atoms with Crippen molar-refractivity contribution in [3.8, 4) is 0 Å². The maximum atomic E-state index is 12.1. The van der Waals surface area contributed by atoms with Crippen molar-refractivity contribution in [2.24, 2.45) is 0 Å². The number of nitro groups is 1. The van der Waals surface area contributed by atoms with Gasteiger partial charge in [-0.3, -0.25) is 14.9 Å². The minimum absolute atomic E-state index is 0.0677. The molecule has 2 rings (SSSR count). The molecule has 1 aliphatic rings. The fourth-order valence-electron chi connectivity index (χ4n) is 2.09. The van der Waals surface area contributed by atoms with Crippen molar-refractivity contribution in [3.63, 3.8) is 0 Å². The van der Waals surface area contributed by atoms with Crippen LogP contribution in [0.4, 0.5) is 5.69 Å². The summed E-state index contributed by atoms with van der Waals surface area (Å²) in [5.74, 6) is -0.273. The Bertz CT molecular complexity index is 567. The maximum absolute atomic E-state index is 12.1. The third-order valence-electron chi connectivity index (χ3n) is 3.31. The van der Waals surface area contributed by atoms with Gasteiger partial charge in [-0.15, -0.1) is 0 Å². The second kappa shape index (κ2) is 6.29. The Labute approximate surface area is 117 Å². The van der Waals surface area contributed by atoms with E-state index in [0.29, 0.717) is 12.1 Å². The molecule has 2 N–H and O–H groups in total. The van der Waals surface area contributed by atoms with Gasteiger partial charge in [0.2, 0.25) is 0 Å². The highest BCUT2D eigenvalue weighted by atomic mass is 16.6. The van der Waals surface area contributed by atoms with Gasteiger partial charge < -0.3 is 10.6 Å². The molecule has 1 heterocycles. The van der Waals surface area contributed by atoms with Crippen LogP contribution in [0.1, 0.15) is 22.3 Å². The van der Waals surface area contributed by atoms with E-state index in [1.807, 2.05) is 0 Å². The number of non-ortho nitro benzene ring substituents is 1. The molecule has 0 aliphatic carbocycles. The summed E-state index contributed by atoms with van der Waals surface area (Å²) in [6.45, 7) is 3.99. The van der Waals surface area contributed by atoms with Crippen LogP contribution in [0.3, 0.4) is 0 Å². The van der Waals surface area contributed by atoms with E-state index in [1.165, 1.54) is 17.7 Å². The number of nitro benzene ring substituents is 1. The van der Waals surface area contributed by atoms with Crippen LogP contribution < -0.4 is 10.6 Å². The van der Waals surface area contributed by atoms with E-state index in [9.17, 15) is 14.9 Å². The zero-order chi connectivity index (χ0) is 14.5. The molecule has 1 aromatic carbocycles. The number of hydrogen-bond donors (Lipinski definition) is 2. The summed E-state index contributed by atoms with van der Waals surface area (Å²) < 4.78 is 0. The van der Waals surface area contributed by atoms with Gasteiger partial charge in [0.25, 0.3) is 11.6 Å². The highest BCUT2D eigenvalue weighted by Crippen LogP contribution is 2.17. The molecule has 0 unspecified atom stereocenters. The normalized spacial score (nSPS) is 14.6. The molecule has 0 spiro atoms. The lowest BCUT2D eigenvalue weighted by atomic mass is 10.1. The second-order valence-corrected chi connectivity index (χ2v) is 4.76. The van der Waals surface area contributed by atoms with Crippen LogP contribution in [0.25, 0.3) is 0 Å². The largest absolute Gasteiger partial charge is 0.348 e. The number of hydrogen-bond acceptors (Lipinski definition) is 4. The summed E-state index contributed by atoms with van der Waals surface area (Å²) in [7, 11) is 0. The third-order valence-corrected chi connectivity index (χ3v) is 3.31. The van der Waals surface area contributed by atoms with E-state index < -0.39 is 4.92 Å². The molecule has 1 aromatic rings. The number of rotatable bonds is 4. The molecule has 106 valence electrons. The van der Waals surface area contributed by atoms with Crippen molar-refractivity contribution >= 4 is 11.6 Å². The highest BCUT2D eigenvalue weighted by molar-refractivity contribution is 5.96. The van der Waals surface area contributed by atoms with Gasteiger partial charge in [-0.1, -0.05) is 17.7 Å². The molecule has 0 bridgehead atoms. The first kappa shape index (κ1) is 14.2. The van der Waals surface area contributed by atoms with Gasteiger partial charge in [0, 0.05) is 30.8 Å². The van der Waals surface area contributed by atoms with Crippen molar-refractivity contribution in [1.29, 1.82) is 0 Å². The van der Waals surface area contributed by atoms with Crippen LogP contribution in [0.2, 0.25) is 0 Å². The third kappa shape index (κ3) is 3.42. The van der Waals surface area contributed by atoms with Crippen molar-refractivity contribution in [2.75, 3.05) is 19.6 Å². The Hall–Kier alpha value is -2.21. The Morgan fingerprint density at radius 3 is 2.95 bits per heavy atom. The number of nitrogens with one attached hydrogen (secondary N) is 2. The number of amides is 1. The van der Waals surface area contributed by atoms with Gasteiger partial charge in [-0.25, -0.2) is 0 Å². The van der Waals surface area contributed by atoms with Crippen LogP contribution in [0.5, 0.6) is 0 Å². The number of nitrogens with zero attached hydrogens (tertiary/aromatic N) is 1. The quantitative estimate of drug-likeness (QED) is 0.496. The van der Waals surface area contributed by atoms with E-state index in [4.69, 9.17) is 0 Å². The van der Waals surface area contributed by atoms with Gasteiger partial charge in [0.15, 0.2) is 0 Å². The van der Waals surface area contributed by atoms with E-state index >= 15 is 0 Å². The standard InChI is InChI=1S/C14H17N3O3/c1-10-2-3-12(17(19)20)8-13(10)14(18)16-9-11-4-6-15-7-5-11/h2-4,8,15H,5-7,9H2,1H3,(H,16,18). The van der Waals surface area contributed by atoms with E-state index in [2.05, 4.69) is 16.7 Å².